The van der Waals surface area contributed by atoms with E-state index < -0.39 is 21.9 Å². The number of azo groups is 1. The number of hydrogen-bond acceptors (Lipinski definition) is 5. The Bertz CT molecular complexity index is 863. The number of halogens is 1. The molecule has 0 saturated heterocycles. The Labute approximate surface area is 151 Å². The zero-order chi connectivity index (χ0) is 17.9. The molecule has 0 radical (unpaired) electrons. The zero-order valence-electron chi connectivity index (χ0n) is 14.0. The van der Waals surface area contributed by atoms with Crippen LogP contribution in [0.4, 0.5) is 5.69 Å². The normalized spacial score (nSPS) is 35.9. The quantitative estimate of drug-likeness (QED) is 0.811. The van der Waals surface area contributed by atoms with Crippen molar-refractivity contribution in [3.8, 4) is 0 Å². The van der Waals surface area contributed by atoms with E-state index in [9.17, 15) is 4.79 Å². The highest BCUT2D eigenvalue weighted by Crippen LogP contribution is 2.53. The van der Waals surface area contributed by atoms with Gasteiger partial charge in [0.25, 0.3) is 0 Å². The lowest BCUT2D eigenvalue weighted by Crippen LogP contribution is -2.50. The number of carbonyl (C=O) groups is 1. The van der Waals surface area contributed by atoms with Gasteiger partial charge in [-0.3, -0.25) is 15.5 Å². The summed E-state index contributed by atoms with van der Waals surface area (Å²) in [5.41, 5.74) is 13.7. The first-order valence-electron chi connectivity index (χ1n) is 8.38. The Hall–Kier alpha value is -2.05. The fourth-order valence-corrected chi connectivity index (χ4v) is 4.54. The fourth-order valence-electron chi connectivity index (χ4n) is 4.20. The topological polar surface area (TPSA) is 106 Å². The maximum atomic E-state index is 12.0. The van der Waals surface area contributed by atoms with Gasteiger partial charge >= 0.3 is 0 Å². The number of nitrogens with two attached hydrogens (primary N) is 2. The summed E-state index contributed by atoms with van der Waals surface area (Å²) in [4.78, 5) is 15.3. The van der Waals surface area contributed by atoms with Gasteiger partial charge in [-0.05, 0) is 30.5 Å². The molecular formula is C18H20ClN5O. The van der Waals surface area contributed by atoms with Crippen LogP contribution < -0.4 is 11.5 Å². The van der Waals surface area contributed by atoms with Crippen molar-refractivity contribution in [1.82, 2.24) is 0 Å². The molecule has 1 fully saturated rings. The number of aliphatic imine (C=N–C) groups is 1. The van der Waals surface area contributed by atoms with Gasteiger partial charge in [-0.25, -0.2) is 0 Å². The van der Waals surface area contributed by atoms with Crippen molar-refractivity contribution in [3.05, 3.63) is 41.5 Å². The average Bonchev–Trinajstić information content (AvgIpc) is 3.29. The van der Waals surface area contributed by atoms with Crippen molar-refractivity contribution < 1.29 is 4.79 Å². The molecule has 1 amide bonds. The highest BCUT2D eigenvalue weighted by atomic mass is 35.5. The third-order valence-corrected chi connectivity index (χ3v) is 6.65. The Morgan fingerprint density at radius 1 is 1.32 bits per heavy atom. The molecule has 1 saturated carbocycles. The third kappa shape index (κ3) is 2.07. The molecule has 6 nitrogen and oxygen atoms in total. The number of primary amides is 1. The third-order valence-electron chi connectivity index (χ3n) is 5.86. The molecule has 7 heteroatoms. The van der Waals surface area contributed by atoms with E-state index in [4.69, 9.17) is 23.1 Å². The van der Waals surface area contributed by atoms with Crippen molar-refractivity contribution in [3.63, 3.8) is 0 Å². The summed E-state index contributed by atoms with van der Waals surface area (Å²) in [7, 11) is 0. The molecule has 4 N–H and O–H groups in total. The van der Waals surface area contributed by atoms with Crippen LogP contribution in [0.5, 0.6) is 0 Å². The van der Waals surface area contributed by atoms with Gasteiger partial charge in [-0.15, -0.1) is 11.6 Å². The van der Waals surface area contributed by atoms with Gasteiger partial charge in [-0.2, -0.15) is 10.2 Å². The number of hydrogen-bond donors (Lipinski definition) is 2. The van der Waals surface area contributed by atoms with Crippen LogP contribution in [0, 0.1) is 0 Å². The second kappa shape index (κ2) is 5.22. The highest BCUT2D eigenvalue weighted by molar-refractivity contribution is 6.36. The minimum atomic E-state index is -1.09. The number of rotatable bonds is 3. The molecule has 2 heterocycles. The van der Waals surface area contributed by atoms with Crippen LogP contribution in [0.2, 0.25) is 0 Å². The van der Waals surface area contributed by atoms with E-state index in [-0.39, 0.29) is 0 Å². The Kier molecular flexibility index (Phi) is 3.43. The van der Waals surface area contributed by atoms with Gasteiger partial charge in [0.05, 0.1) is 17.9 Å². The minimum absolute atomic E-state index is 0.477. The van der Waals surface area contributed by atoms with Gasteiger partial charge in [0.15, 0.2) is 5.66 Å². The maximum Gasteiger partial charge on any atom is 0.239 e. The van der Waals surface area contributed by atoms with Crippen LogP contribution in [-0.4, -0.2) is 23.0 Å². The van der Waals surface area contributed by atoms with Gasteiger partial charge in [0, 0.05) is 11.0 Å². The smallest absolute Gasteiger partial charge is 0.239 e. The van der Waals surface area contributed by atoms with E-state index in [0.717, 1.165) is 24.0 Å². The van der Waals surface area contributed by atoms with E-state index in [2.05, 4.69) is 15.2 Å². The molecular weight excluding hydrogens is 338 g/mol. The molecule has 0 bridgehead atoms. The molecule has 25 heavy (non-hydrogen) atoms. The van der Waals surface area contributed by atoms with E-state index in [1.807, 2.05) is 37.3 Å². The van der Waals surface area contributed by atoms with Gasteiger partial charge in [-0.1, -0.05) is 31.6 Å². The average molecular weight is 358 g/mol. The van der Waals surface area contributed by atoms with Crippen molar-refractivity contribution in [2.45, 2.75) is 42.1 Å². The molecule has 2 aliphatic heterocycles. The van der Waals surface area contributed by atoms with Crippen LogP contribution in [0.15, 0.2) is 45.6 Å². The maximum absolute atomic E-state index is 12.0. The van der Waals surface area contributed by atoms with Crippen molar-refractivity contribution in [1.29, 1.82) is 0 Å². The Morgan fingerprint density at radius 3 is 2.80 bits per heavy atom. The number of benzene rings is 1. The Balaban J connectivity index is 1.78. The lowest BCUT2D eigenvalue weighted by atomic mass is 9.72. The van der Waals surface area contributed by atoms with Crippen LogP contribution in [0.1, 0.15) is 37.3 Å². The molecule has 3 unspecified atom stereocenters. The summed E-state index contributed by atoms with van der Waals surface area (Å²) in [6, 6.07) is 5.81. The molecule has 1 aromatic rings. The minimum Gasteiger partial charge on any atom is -0.368 e. The molecule has 130 valence electrons. The first-order valence-corrected chi connectivity index (χ1v) is 8.76. The standard InChI is InChI=1S/C18H20ClN5O/c1-16(7-3-8-17(16,19)15(20)25)11-5-6-12-13(10-11)23-24-18(12,21)14-4-2-9-22-14/h2,4-6,10H,3,7-9,21H2,1H3,(H2,20,25). The zero-order valence-corrected chi connectivity index (χ0v) is 14.8. The lowest BCUT2D eigenvalue weighted by Gasteiger charge is -2.37. The summed E-state index contributed by atoms with van der Waals surface area (Å²) >= 11 is 6.68. The molecule has 4 rings (SSSR count). The van der Waals surface area contributed by atoms with Crippen molar-refractivity contribution >= 4 is 28.9 Å². The molecule has 1 aromatic carbocycles. The molecule has 0 aromatic heterocycles. The molecule has 3 atom stereocenters. The number of fused-ring (bicyclic) bond motifs is 1. The highest BCUT2D eigenvalue weighted by Gasteiger charge is 2.56. The first kappa shape index (κ1) is 16.4. The lowest BCUT2D eigenvalue weighted by molar-refractivity contribution is -0.121. The first-order chi connectivity index (χ1) is 11.8. The largest absolute Gasteiger partial charge is 0.368 e. The van der Waals surface area contributed by atoms with Gasteiger partial charge in [0.2, 0.25) is 5.91 Å². The monoisotopic (exact) mass is 357 g/mol. The summed E-state index contributed by atoms with van der Waals surface area (Å²) in [5, 5.41) is 8.55. The summed E-state index contributed by atoms with van der Waals surface area (Å²) in [6.45, 7) is 2.60. The number of carbonyl (C=O) groups excluding carboxylic acids is 1. The number of nitrogens with zero attached hydrogens (tertiary/aromatic N) is 3. The summed E-state index contributed by atoms with van der Waals surface area (Å²) in [6.07, 6.45) is 6.04. The van der Waals surface area contributed by atoms with E-state index in [1.165, 1.54) is 0 Å². The van der Waals surface area contributed by atoms with E-state index in [1.54, 1.807) is 0 Å². The van der Waals surface area contributed by atoms with Crippen LogP contribution in [0.25, 0.3) is 0 Å². The van der Waals surface area contributed by atoms with E-state index >= 15 is 0 Å². The second-order valence-corrected chi connectivity index (χ2v) is 7.82. The SMILES string of the molecule is CC1(c2ccc3c(c2)N=NC3(N)C2=NCC=C2)CCCC1(Cl)C(N)=O. The summed E-state index contributed by atoms with van der Waals surface area (Å²) < 4.78 is 0. The molecule has 0 spiro atoms. The van der Waals surface area contributed by atoms with Crippen LogP contribution in [0.3, 0.4) is 0 Å². The van der Waals surface area contributed by atoms with Crippen molar-refractivity contribution in [2.24, 2.45) is 26.7 Å². The fraction of sp³-hybridized carbons (Fsp3) is 0.444. The van der Waals surface area contributed by atoms with Crippen LogP contribution in [-0.2, 0) is 15.9 Å². The van der Waals surface area contributed by atoms with Crippen molar-refractivity contribution in [2.75, 3.05) is 6.54 Å². The van der Waals surface area contributed by atoms with Gasteiger partial charge in [0.1, 0.15) is 4.87 Å². The summed E-state index contributed by atoms with van der Waals surface area (Å²) in [5.74, 6) is -0.477. The molecule has 1 aliphatic carbocycles. The van der Waals surface area contributed by atoms with E-state index in [0.29, 0.717) is 24.4 Å². The predicted octanol–water partition coefficient (Wildman–Crippen LogP) is 2.81. The van der Waals surface area contributed by atoms with Gasteiger partial charge < -0.3 is 5.73 Å². The number of amides is 1. The molecule has 3 aliphatic rings. The number of alkyl halides is 1. The van der Waals surface area contributed by atoms with Crippen LogP contribution >= 0.6 is 11.6 Å². The predicted molar refractivity (Wildman–Crippen MR) is 97.2 cm³/mol. The Morgan fingerprint density at radius 2 is 2.12 bits per heavy atom. The second-order valence-electron chi connectivity index (χ2n) is 7.18.